The SMILES string of the molecule is NS(=O)(=O)c1cccc(CNC(=O)OCc2ccccc2)c1. The monoisotopic (exact) mass is 320 g/mol. The van der Waals surface area contributed by atoms with Gasteiger partial charge in [-0.3, -0.25) is 0 Å². The number of hydrogen-bond acceptors (Lipinski definition) is 4. The number of alkyl carbamates (subject to hydrolysis) is 1. The van der Waals surface area contributed by atoms with E-state index in [2.05, 4.69) is 5.32 Å². The van der Waals surface area contributed by atoms with Crippen LogP contribution in [0.3, 0.4) is 0 Å². The van der Waals surface area contributed by atoms with Crippen LogP contribution in [0.15, 0.2) is 59.5 Å². The Morgan fingerprint density at radius 1 is 1.05 bits per heavy atom. The minimum absolute atomic E-state index is 0.00412. The lowest BCUT2D eigenvalue weighted by Gasteiger charge is -2.08. The van der Waals surface area contributed by atoms with Crippen LogP contribution in [-0.2, 0) is 27.9 Å². The molecule has 0 bridgehead atoms. The van der Waals surface area contributed by atoms with Gasteiger partial charge in [0.1, 0.15) is 6.61 Å². The molecular formula is C15H16N2O4S. The van der Waals surface area contributed by atoms with E-state index in [9.17, 15) is 13.2 Å². The molecule has 0 atom stereocenters. The van der Waals surface area contributed by atoms with Gasteiger partial charge in [0.15, 0.2) is 0 Å². The first kappa shape index (κ1) is 16.0. The summed E-state index contributed by atoms with van der Waals surface area (Å²) >= 11 is 0. The van der Waals surface area contributed by atoms with E-state index < -0.39 is 16.1 Å². The molecule has 0 aliphatic carbocycles. The van der Waals surface area contributed by atoms with Gasteiger partial charge in [0.2, 0.25) is 10.0 Å². The molecule has 2 rings (SSSR count). The van der Waals surface area contributed by atoms with E-state index in [4.69, 9.17) is 9.88 Å². The molecule has 0 aromatic heterocycles. The van der Waals surface area contributed by atoms with E-state index in [1.807, 2.05) is 30.3 Å². The highest BCUT2D eigenvalue weighted by atomic mass is 32.2. The molecule has 6 nitrogen and oxygen atoms in total. The smallest absolute Gasteiger partial charge is 0.407 e. The molecule has 0 aliphatic heterocycles. The minimum Gasteiger partial charge on any atom is -0.445 e. The highest BCUT2D eigenvalue weighted by Gasteiger charge is 2.08. The molecule has 0 radical (unpaired) electrons. The summed E-state index contributed by atoms with van der Waals surface area (Å²) in [5.74, 6) is 0. The summed E-state index contributed by atoms with van der Waals surface area (Å²) in [6.45, 7) is 0.320. The first-order valence-corrected chi connectivity index (χ1v) is 8.06. The summed E-state index contributed by atoms with van der Waals surface area (Å²) in [5, 5.41) is 7.60. The Hall–Kier alpha value is -2.38. The lowest BCUT2D eigenvalue weighted by Crippen LogP contribution is -2.23. The van der Waals surface area contributed by atoms with Crippen molar-refractivity contribution < 1.29 is 17.9 Å². The van der Waals surface area contributed by atoms with Gasteiger partial charge in [0.25, 0.3) is 0 Å². The third kappa shape index (κ3) is 4.87. The molecule has 0 saturated heterocycles. The molecule has 0 unspecified atom stereocenters. The van der Waals surface area contributed by atoms with E-state index in [0.717, 1.165) is 5.56 Å². The quantitative estimate of drug-likeness (QED) is 0.877. The molecule has 22 heavy (non-hydrogen) atoms. The van der Waals surface area contributed by atoms with Crippen molar-refractivity contribution in [2.75, 3.05) is 0 Å². The van der Waals surface area contributed by atoms with Crippen LogP contribution in [0.4, 0.5) is 4.79 Å². The van der Waals surface area contributed by atoms with Crippen molar-refractivity contribution in [3.8, 4) is 0 Å². The average molecular weight is 320 g/mol. The number of carbonyl (C=O) groups is 1. The van der Waals surface area contributed by atoms with Crippen molar-refractivity contribution in [1.82, 2.24) is 5.32 Å². The summed E-state index contributed by atoms with van der Waals surface area (Å²) in [6, 6.07) is 15.3. The fourth-order valence-corrected chi connectivity index (χ4v) is 2.36. The van der Waals surface area contributed by atoms with Crippen molar-refractivity contribution in [3.05, 3.63) is 65.7 Å². The molecule has 7 heteroatoms. The van der Waals surface area contributed by atoms with Crippen LogP contribution in [0.2, 0.25) is 0 Å². The maximum atomic E-state index is 11.6. The second-order valence-electron chi connectivity index (χ2n) is 4.61. The molecule has 0 spiro atoms. The summed E-state index contributed by atoms with van der Waals surface area (Å²) in [7, 11) is -3.75. The number of ether oxygens (including phenoxy) is 1. The van der Waals surface area contributed by atoms with Gasteiger partial charge >= 0.3 is 6.09 Å². The van der Waals surface area contributed by atoms with Gasteiger partial charge in [-0.2, -0.15) is 0 Å². The number of benzene rings is 2. The summed E-state index contributed by atoms with van der Waals surface area (Å²) < 4.78 is 27.6. The van der Waals surface area contributed by atoms with Crippen molar-refractivity contribution in [1.29, 1.82) is 0 Å². The summed E-state index contributed by atoms with van der Waals surface area (Å²) in [6.07, 6.45) is -0.579. The number of nitrogens with one attached hydrogen (secondary N) is 1. The standard InChI is InChI=1S/C15H16N2O4S/c16-22(19,20)14-8-4-7-13(9-14)10-17-15(18)21-11-12-5-2-1-3-6-12/h1-9H,10-11H2,(H,17,18)(H2,16,19,20). The molecule has 0 fully saturated rings. The molecule has 116 valence electrons. The van der Waals surface area contributed by atoms with Gasteiger partial charge in [0.05, 0.1) is 4.90 Å². The highest BCUT2D eigenvalue weighted by molar-refractivity contribution is 7.89. The molecule has 2 aromatic carbocycles. The Balaban J connectivity index is 1.86. The molecule has 2 aromatic rings. The van der Waals surface area contributed by atoms with Gasteiger partial charge in [-0.05, 0) is 23.3 Å². The van der Waals surface area contributed by atoms with Gasteiger partial charge in [0, 0.05) is 6.54 Å². The van der Waals surface area contributed by atoms with Crippen LogP contribution < -0.4 is 10.5 Å². The molecule has 0 saturated carbocycles. The zero-order valence-electron chi connectivity index (χ0n) is 11.7. The van der Waals surface area contributed by atoms with Crippen molar-refractivity contribution >= 4 is 16.1 Å². The normalized spacial score (nSPS) is 11.0. The largest absolute Gasteiger partial charge is 0.445 e. The van der Waals surface area contributed by atoms with Crippen LogP contribution in [-0.4, -0.2) is 14.5 Å². The summed E-state index contributed by atoms with van der Waals surface area (Å²) in [4.78, 5) is 11.6. The van der Waals surface area contributed by atoms with E-state index in [0.29, 0.717) is 5.56 Å². The molecule has 0 aliphatic rings. The predicted molar refractivity (Wildman–Crippen MR) is 81.3 cm³/mol. The topological polar surface area (TPSA) is 98.5 Å². The fraction of sp³-hybridized carbons (Fsp3) is 0.133. The molecule has 1 amide bonds. The second-order valence-corrected chi connectivity index (χ2v) is 6.17. The van der Waals surface area contributed by atoms with Gasteiger partial charge in [-0.15, -0.1) is 0 Å². The van der Waals surface area contributed by atoms with E-state index in [-0.39, 0.29) is 18.0 Å². The Labute approximate surface area is 129 Å². The zero-order valence-corrected chi connectivity index (χ0v) is 12.5. The third-order valence-electron chi connectivity index (χ3n) is 2.88. The number of hydrogen-bond donors (Lipinski definition) is 2. The Morgan fingerprint density at radius 2 is 1.73 bits per heavy atom. The maximum Gasteiger partial charge on any atom is 0.407 e. The van der Waals surface area contributed by atoms with Gasteiger partial charge < -0.3 is 10.1 Å². The van der Waals surface area contributed by atoms with Crippen LogP contribution in [0, 0.1) is 0 Å². The van der Waals surface area contributed by atoms with Gasteiger partial charge in [-0.25, -0.2) is 18.4 Å². The Bertz CT molecular complexity index is 745. The van der Waals surface area contributed by atoms with E-state index in [1.165, 1.54) is 12.1 Å². The third-order valence-corrected chi connectivity index (χ3v) is 3.79. The first-order chi connectivity index (χ1) is 10.4. The number of carbonyl (C=O) groups excluding carboxylic acids is 1. The van der Waals surface area contributed by atoms with Gasteiger partial charge in [-0.1, -0.05) is 42.5 Å². The molecule has 0 heterocycles. The first-order valence-electron chi connectivity index (χ1n) is 6.51. The number of amides is 1. The molecular weight excluding hydrogens is 304 g/mol. The lowest BCUT2D eigenvalue weighted by atomic mass is 10.2. The minimum atomic E-state index is -3.75. The zero-order chi connectivity index (χ0) is 16.0. The van der Waals surface area contributed by atoms with Crippen LogP contribution in [0.25, 0.3) is 0 Å². The van der Waals surface area contributed by atoms with Crippen LogP contribution in [0.5, 0.6) is 0 Å². The van der Waals surface area contributed by atoms with Crippen molar-refractivity contribution in [2.45, 2.75) is 18.0 Å². The fourth-order valence-electron chi connectivity index (χ4n) is 1.78. The number of sulfonamides is 1. The van der Waals surface area contributed by atoms with Crippen molar-refractivity contribution in [3.63, 3.8) is 0 Å². The number of nitrogens with two attached hydrogens (primary N) is 1. The lowest BCUT2D eigenvalue weighted by molar-refractivity contribution is 0.139. The van der Waals surface area contributed by atoms with Crippen LogP contribution in [0.1, 0.15) is 11.1 Å². The predicted octanol–water partition coefficient (Wildman–Crippen LogP) is 1.76. The van der Waals surface area contributed by atoms with E-state index in [1.54, 1.807) is 12.1 Å². The summed E-state index contributed by atoms with van der Waals surface area (Å²) in [5.41, 5.74) is 1.50. The Kier molecular flexibility index (Phi) is 5.13. The highest BCUT2D eigenvalue weighted by Crippen LogP contribution is 2.09. The van der Waals surface area contributed by atoms with E-state index >= 15 is 0 Å². The average Bonchev–Trinajstić information content (AvgIpc) is 2.51. The number of primary sulfonamides is 1. The molecule has 3 N–H and O–H groups in total. The maximum absolute atomic E-state index is 11.6. The van der Waals surface area contributed by atoms with Crippen molar-refractivity contribution in [2.24, 2.45) is 5.14 Å². The second kappa shape index (κ2) is 7.06. The van der Waals surface area contributed by atoms with Crippen LogP contribution >= 0.6 is 0 Å². The number of rotatable bonds is 5. The Morgan fingerprint density at radius 3 is 2.41 bits per heavy atom.